The summed E-state index contributed by atoms with van der Waals surface area (Å²) < 4.78 is 40.7. The molecule has 0 amide bonds. The van der Waals surface area contributed by atoms with Gasteiger partial charge in [-0.25, -0.2) is 8.42 Å². The van der Waals surface area contributed by atoms with Crippen molar-refractivity contribution in [2.24, 2.45) is 10.9 Å². The van der Waals surface area contributed by atoms with Crippen molar-refractivity contribution in [1.29, 1.82) is 0 Å². The second-order valence-corrected chi connectivity index (χ2v) is 10.3. The number of fused-ring (bicyclic) bond motifs is 1. The lowest BCUT2D eigenvalue weighted by molar-refractivity contribution is 0.0781. The third-order valence-corrected chi connectivity index (χ3v) is 7.52. The topological polar surface area (TPSA) is 90.2 Å². The van der Waals surface area contributed by atoms with Crippen LogP contribution in [0.5, 0.6) is 11.5 Å². The fraction of sp³-hybridized carbons (Fsp3) is 0.478. The lowest BCUT2D eigenvalue weighted by atomic mass is 9.97. The first-order valence-corrected chi connectivity index (χ1v) is 12.5. The Bertz CT molecular complexity index is 1150. The molecule has 1 aromatic carbocycles. The first kappa shape index (κ1) is 22.5. The highest BCUT2D eigenvalue weighted by molar-refractivity contribution is 7.89. The number of sulfonamides is 1. The lowest BCUT2D eigenvalue weighted by Crippen LogP contribution is -2.42. The maximum absolute atomic E-state index is 13.2. The number of aromatic nitrogens is 1. The van der Waals surface area contributed by atoms with E-state index in [0.29, 0.717) is 43.0 Å². The molecular formula is C23H29N3O5S. The highest BCUT2D eigenvalue weighted by Gasteiger charge is 2.33. The van der Waals surface area contributed by atoms with Gasteiger partial charge in [-0.2, -0.15) is 4.31 Å². The molecule has 0 atom stereocenters. The van der Waals surface area contributed by atoms with Gasteiger partial charge in [-0.3, -0.25) is 14.4 Å². The van der Waals surface area contributed by atoms with Crippen molar-refractivity contribution in [1.82, 2.24) is 8.87 Å². The van der Waals surface area contributed by atoms with Crippen LogP contribution in [0.15, 0.2) is 52.5 Å². The van der Waals surface area contributed by atoms with Gasteiger partial charge in [0.2, 0.25) is 15.9 Å². The largest absolute Gasteiger partial charge is 0.490 e. The average Bonchev–Trinajstić information content (AvgIpc) is 3.03. The van der Waals surface area contributed by atoms with Crippen molar-refractivity contribution < 1.29 is 22.7 Å². The van der Waals surface area contributed by atoms with Crippen molar-refractivity contribution in [3.05, 3.63) is 48.1 Å². The Morgan fingerprint density at radius 3 is 2.50 bits per heavy atom. The number of rotatable bonds is 4. The lowest BCUT2D eigenvalue weighted by Gasteiger charge is -2.30. The molecule has 0 unspecified atom stereocenters. The fourth-order valence-electron chi connectivity index (χ4n) is 3.98. The summed E-state index contributed by atoms with van der Waals surface area (Å²) in [6, 6.07) is 10.3. The van der Waals surface area contributed by atoms with Crippen LogP contribution < -0.4 is 15.0 Å². The molecule has 0 saturated carbocycles. The number of benzene rings is 1. The van der Waals surface area contributed by atoms with E-state index in [4.69, 9.17) is 9.47 Å². The minimum absolute atomic E-state index is 0.0439. The average molecular weight is 460 g/mol. The van der Waals surface area contributed by atoms with Crippen LogP contribution in [0.4, 0.5) is 0 Å². The molecule has 8 nitrogen and oxygen atoms in total. The molecule has 4 rings (SSSR count). The summed E-state index contributed by atoms with van der Waals surface area (Å²) in [5, 5.41) is 0. The number of hydrogen-bond acceptors (Lipinski definition) is 6. The van der Waals surface area contributed by atoms with Crippen LogP contribution in [0.2, 0.25) is 0 Å². The fourth-order valence-corrected chi connectivity index (χ4v) is 5.47. The second kappa shape index (κ2) is 9.46. The Morgan fingerprint density at radius 1 is 1.06 bits per heavy atom. The van der Waals surface area contributed by atoms with Crippen LogP contribution in [0.1, 0.15) is 37.9 Å². The zero-order valence-electron chi connectivity index (χ0n) is 18.4. The van der Waals surface area contributed by atoms with Gasteiger partial charge in [0.05, 0.1) is 18.1 Å². The standard InChI is InChI=1S/C23H29N3O5S/c1-17(2)24-22-6-3-4-11-26(22)23(27)18-9-12-25(13-10-18)32(28,29)19-7-8-20-21(16-19)31-15-5-14-30-20/h3-4,6-8,11,16-18H,5,9-10,12-15H2,1-2H3. The first-order chi connectivity index (χ1) is 15.4. The van der Waals surface area contributed by atoms with Gasteiger partial charge in [0.25, 0.3) is 0 Å². The Labute approximate surface area is 188 Å². The van der Waals surface area contributed by atoms with Gasteiger partial charge in [-0.1, -0.05) is 6.07 Å². The molecule has 1 saturated heterocycles. The van der Waals surface area contributed by atoms with Gasteiger partial charge in [-0.05, 0) is 51.0 Å². The summed E-state index contributed by atoms with van der Waals surface area (Å²) in [4.78, 5) is 17.8. The molecule has 1 fully saturated rings. The van der Waals surface area contributed by atoms with E-state index in [1.807, 2.05) is 26.0 Å². The Kier molecular flexibility index (Phi) is 6.66. The molecule has 0 aliphatic carbocycles. The van der Waals surface area contributed by atoms with Gasteiger partial charge < -0.3 is 9.47 Å². The van der Waals surface area contributed by atoms with E-state index in [1.54, 1.807) is 29.0 Å². The van der Waals surface area contributed by atoms with E-state index in [2.05, 4.69) is 4.99 Å². The van der Waals surface area contributed by atoms with E-state index in [1.165, 1.54) is 10.4 Å². The van der Waals surface area contributed by atoms with Gasteiger partial charge in [0.1, 0.15) is 5.49 Å². The highest BCUT2D eigenvalue weighted by atomic mass is 32.2. The van der Waals surface area contributed by atoms with E-state index in [0.717, 1.165) is 6.42 Å². The summed E-state index contributed by atoms with van der Waals surface area (Å²) >= 11 is 0. The van der Waals surface area contributed by atoms with Crippen molar-refractivity contribution in [2.45, 2.75) is 44.0 Å². The van der Waals surface area contributed by atoms with Gasteiger partial charge in [-0.15, -0.1) is 0 Å². The maximum atomic E-state index is 13.2. The molecular weight excluding hydrogens is 430 g/mol. The van der Waals surface area contributed by atoms with Crippen LogP contribution in [-0.2, 0) is 10.0 Å². The van der Waals surface area contributed by atoms with Crippen LogP contribution >= 0.6 is 0 Å². The van der Waals surface area contributed by atoms with E-state index >= 15 is 0 Å². The van der Waals surface area contributed by atoms with Crippen molar-refractivity contribution >= 4 is 15.9 Å². The molecule has 32 heavy (non-hydrogen) atoms. The normalized spacial score (nSPS) is 18.5. The Morgan fingerprint density at radius 2 is 1.78 bits per heavy atom. The quantitative estimate of drug-likeness (QED) is 0.701. The van der Waals surface area contributed by atoms with Crippen molar-refractivity contribution in [3.63, 3.8) is 0 Å². The summed E-state index contributed by atoms with van der Waals surface area (Å²) in [6.07, 6.45) is 3.41. The Balaban J connectivity index is 1.48. The molecule has 0 N–H and O–H groups in total. The molecule has 3 heterocycles. The van der Waals surface area contributed by atoms with Crippen LogP contribution in [0.3, 0.4) is 0 Å². The number of pyridine rings is 1. The molecule has 2 aliphatic rings. The predicted molar refractivity (Wildman–Crippen MR) is 119 cm³/mol. The Hall–Kier alpha value is -2.65. The summed E-state index contributed by atoms with van der Waals surface area (Å²) in [5.41, 5.74) is 0.620. The second-order valence-electron chi connectivity index (χ2n) is 8.33. The molecule has 2 aliphatic heterocycles. The number of piperidine rings is 1. The summed E-state index contributed by atoms with van der Waals surface area (Å²) in [7, 11) is -3.68. The smallest absolute Gasteiger partial charge is 0.243 e. The van der Waals surface area contributed by atoms with E-state index < -0.39 is 10.0 Å². The molecule has 0 spiro atoms. The zero-order chi connectivity index (χ0) is 22.7. The molecule has 0 radical (unpaired) electrons. The molecule has 0 bridgehead atoms. The summed E-state index contributed by atoms with van der Waals surface area (Å²) in [5.74, 6) is 0.722. The van der Waals surface area contributed by atoms with Crippen LogP contribution in [0, 0.1) is 5.92 Å². The minimum atomic E-state index is -3.68. The predicted octanol–water partition coefficient (Wildman–Crippen LogP) is 2.70. The third kappa shape index (κ3) is 4.73. The minimum Gasteiger partial charge on any atom is -0.490 e. The SMILES string of the molecule is CC(C)N=c1ccccn1C(=O)C1CCN(S(=O)(=O)c2ccc3c(c2)OCCCO3)CC1. The van der Waals surface area contributed by atoms with Gasteiger partial charge in [0, 0.05) is 43.7 Å². The number of carbonyl (C=O) groups is 1. The number of nitrogens with zero attached hydrogens (tertiary/aromatic N) is 3. The third-order valence-electron chi connectivity index (χ3n) is 5.63. The molecule has 1 aromatic heterocycles. The monoisotopic (exact) mass is 459 g/mol. The van der Waals surface area contributed by atoms with Gasteiger partial charge in [0.15, 0.2) is 11.5 Å². The number of hydrogen-bond donors (Lipinski definition) is 0. The number of ether oxygens (including phenoxy) is 2. The molecule has 9 heteroatoms. The zero-order valence-corrected chi connectivity index (χ0v) is 19.3. The van der Waals surface area contributed by atoms with E-state index in [9.17, 15) is 13.2 Å². The van der Waals surface area contributed by atoms with E-state index in [-0.39, 0.29) is 35.9 Å². The summed E-state index contributed by atoms with van der Waals surface area (Å²) in [6.45, 7) is 5.54. The molecule has 2 aromatic rings. The van der Waals surface area contributed by atoms with Crippen LogP contribution in [0.25, 0.3) is 0 Å². The highest BCUT2D eigenvalue weighted by Crippen LogP contribution is 2.33. The van der Waals surface area contributed by atoms with Crippen LogP contribution in [-0.4, -0.2) is 55.5 Å². The first-order valence-electron chi connectivity index (χ1n) is 11.0. The van der Waals surface area contributed by atoms with Crippen molar-refractivity contribution in [2.75, 3.05) is 26.3 Å². The van der Waals surface area contributed by atoms with Gasteiger partial charge >= 0.3 is 0 Å². The van der Waals surface area contributed by atoms with Crippen molar-refractivity contribution in [3.8, 4) is 11.5 Å². The number of carbonyl (C=O) groups excluding carboxylic acids is 1. The molecule has 172 valence electrons. The maximum Gasteiger partial charge on any atom is 0.243 e.